The van der Waals surface area contributed by atoms with Crippen LogP contribution in [0.3, 0.4) is 0 Å². The van der Waals surface area contributed by atoms with Crippen LogP contribution in [0.4, 0.5) is 17.2 Å². The summed E-state index contributed by atoms with van der Waals surface area (Å²) in [5.41, 5.74) is 4.39. The summed E-state index contributed by atoms with van der Waals surface area (Å²) in [5.74, 6) is 1.70. The van der Waals surface area contributed by atoms with Crippen molar-refractivity contribution in [3.63, 3.8) is 0 Å². The second kappa shape index (κ2) is 6.99. The average molecular weight is 361 g/mol. The molecule has 4 rings (SSSR count). The Morgan fingerprint density at radius 2 is 1.78 bits per heavy atom. The maximum atomic E-state index is 12.6. The Balaban J connectivity index is 1.52. The molecule has 6 heteroatoms. The number of carbonyl (C=O) groups excluding carboxylic acids is 1. The van der Waals surface area contributed by atoms with Gasteiger partial charge in [-0.2, -0.15) is 0 Å². The molecule has 27 heavy (non-hydrogen) atoms. The van der Waals surface area contributed by atoms with Gasteiger partial charge in [0, 0.05) is 29.2 Å². The molecule has 0 saturated heterocycles. The number of aromatic nitrogens is 1. The van der Waals surface area contributed by atoms with E-state index in [1.807, 2.05) is 32.0 Å². The molecule has 0 bridgehead atoms. The highest BCUT2D eigenvalue weighted by molar-refractivity contribution is 6.04. The Hall–Kier alpha value is -3.54. The number of para-hydroxylation sites is 1. The predicted molar refractivity (Wildman–Crippen MR) is 104 cm³/mol. The number of pyridine rings is 1. The normalized spacial score (nSPS) is 11.9. The number of benzene rings is 2. The maximum Gasteiger partial charge on any atom is 0.255 e. The maximum absolute atomic E-state index is 12.6. The summed E-state index contributed by atoms with van der Waals surface area (Å²) < 4.78 is 10.6. The fraction of sp³-hybridized carbons (Fsp3) is 0.143. The molecule has 1 aliphatic heterocycles. The largest absolute Gasteiger partial charge is 0.454 e. The van der Waals surface area contributed by atoms with Crippen LogP contribution >= 0.6 is 0 Å². The second-order valence-electron chi connectivity index (χ2n) is 6.34. The molecule has 2 N–H and O–H groups in total. The van der Waals surface area contributed by atoms with Crippen LogP contribution in [0.25, 0.3) is 0 Å². The number of nitrogens with one attached hydrogen (secondary N) is 2. The van der Waals surface area contributed by atoms with Crippen LogP contribution in [0.5, 0.6) is 11.5 Å². The van der Waals surface area contributed by atoms with Gasteiger partial charge in [0.25, 0.3) is 5.91 Å². The summed E-state index contributed by atoms with van der Waals surface area (Å²) in [6, 6.07) is 14.8. The number of amides is 1. The van der Waals surface area contributed by atoms with Gasteiger partial charge >= 0.3 is 0 Å². The number of aryl methyl sites for hydroxylation is 2. The minimum Gasteiger partial charge on any atom is -0.454 e. The molecule has 0 spiro atoms. The molecule has 2 heterocycles. The lowest BCUT2D eigenvalue weighted by Gasteiger charge is -2.13. The number of anilines is 3. The molecule has 6 nitrogen and oxygen atoms in total. The molecule has 0 atom stereocenters. The first kappa shape index (κ1) is 16.9. The first-order chi connectivity index (χ1) is 13.1. The lowest BCUT2D eigenvalue weighted by Crippen LogP contribution is -2.12. The van der Waals surface area contributed by atoms with E-state index in [1.54, 1.807) is 36.5 Å². The van der Waals surface area contributed by atoms with Gasteiger partial charge < -0.3 is 20.1 Å². The molecule has 1 aliphatic rings. The summed E-state index contributed by atoms with van der Waals surface area (Å²) in [4.78, 5) is 16.9. The third-order valence-electron chi connectivity index (χ3n) is 4.39. The fourth-order valence-corrected chi connectivity index (χ4v) is 2.96. The topological polar surface area (TPSA) is 72.5 Å². The molecule has 136 valence electrons. The molecule has 0 fully saturated rings. The van der Waals surface area contributed by atoms with Crippen LogP contribution in [-0.4, -0.2) is 17.7 Å². The van der Waals surface area contributed by atoms with E-state index in [0.717, 1.165) is 16.8 Å². The number of ether oxygens (including phenoxy) is 2. The summed E-state index contributed by atoms with van der Waals surface area (Å²) in [7, 11) is 0. The Bertz CT molecular complexity index is 997. The number of carbonyl (C=O) groups is 1. The number of hydrogen-bond donors (Lipinski definition) is 2. The molecule has 0 saturated carbocycles. The Labute approximate surface area is 157 Å². The lowest BCUT2D eigenvalue weighted by atomic mass is 10.1. The number of rotatable bonds is 4. The van der Waals surface area contributed by atoms with E-state index in [1.165, 1.54) is 0 Å². The highest BCUT2D eigenvalue weighted by Crippen LogP contribution is 2.34. The number of fused-ring (bicyclic) bond motifs is 1. The summed E-state index contributed by atoms with van der Waals surface area (Å²) in [6.45, 7) is 4.27. The van der Waals surface area contributed by atoms with Crippen LogP contribution in [0, 0.1) is 13.8 Å². The van der Waals surface area contributed by atoms with Crippen molar-refractivity contribution >= 4 is 23.1 Å². The van der Waals surface area contributed by atoms with Gasteiger partial charge in [-0.1, -0.05) is 18.2 Å². The smallest absolute Gasteiger partial charge is 0.255 e. The lowest BCUT2D eigenvalue weighted by molar-refractivity contribution is 0.102. The zero-order chi connectivity index (χ0) is 18.8. The minimum atomic E-state index is -0.221. The Kier molecular flexibility index (Phi) is 4.38. The number of hydrogen-bond acceptors (Lipinski definition) is 5. The van der Waals surface area contributed by atoms with Gasteiger partial charge in [-0.15, -0.1) is 0 Å². The first-order valence-electron chi connectivity index (χ1n) is 8.60. The standard InChI is InChI=1S/C21H19N3O3/c1-13-4-3-5-14(2)20(13)24-19-10-15(8-9-22-19)21(25)23-16-6-7-17-18(11-16)27-12-26-17/h3-11H,12H2,1-2H3,(H,22,24)(H,23,25). The third kappa shape index (κ3) is 3.55. The molecular weight excluding hydrogens is 342 g/mol. The van der Waals surface area contributed by atoms with Crippen molar-refractivity contribution in [3.05, 3.63) is 71.4 Å². The summed E-state index contributed by atoms with van der Waals surface area (Å²) >= 11 is 0. The second-order valence-corrected chi connectivity index (χ2v) is 6.34. The third-order valence-corrected chi connectivity index (χ3v) is 4.39. The predicted octanol–water partition coefficient (Wildman–Crippen LogP) is 4.42. The minimum absolute atomic E-state index is 0.199. The van der Waals surface area contributed by atoms with Gasteiger partial charge in [0.2, 0.25) is 6.79 Å². The fourth-order valence-electron chi connectivity index (χ4n) is 2.96. The van der Waals surface area contributed by atoms with E-state index in [9.17, 15) is 4.79 Å². The molecule has 1 amide bonds. The van der Waals surface area contributed by atoms with E-state index in [2.05, 4.69) is 15.6 Å². The van der Waals surface area contributed by atoms with E-state index in [-0.39, 0.29) is 12.7 Å². The van der Waals surface area contributed by atoms with E-state index < -0.39 is 0 Å². The van der Waals surface area contributed by atoms with Gasteiger partial charge in [-0.05, 0) is 49.2 Å². The van der Waals surface area contributed by atoms with Gasteiger partial charge in [0.15, 0.2) is 11.5 Å². The molecule has 3 aromatic rings. The molecule has 0 aliphatic carbocycles. The molecule has 0 radical (unpaired) electrons. The van der Waals surface area contributed by atoms with Crippen molar-refractivity contribution in [2.75, 3.05) is 17.4 Å². The zero-order valence-corrected chi connectivity index (χ0v) is 15.1. The van der Waals surface area contributed by atoms with Crippen LogP contribution < -0.4 is 20.1 Å². The van der Waals surface area contributed by atoms with E-state index in [4.69, 9.17) is 9.47 Å². The van der Waals surface area contributed by atoms with Crippen LogP contribution in [0.15, 0.2) is 54.7 Å². The van der Waals surface area contributed by atoms with Gasteiger partial charge in [-0.25, -0.2) is 4.98 Å². The van der Waals surface area contributed by atoms with Gasteiger partial charge in [0.05, 0.1) is 0 Å². The monoisotopic (exact) mass is 361 g/mol. The van der Waals surface area contributed by atoms with Crippen molar-refractivity contribution in [3.8, 4) is 11.5 Å². The van der Waals surface area contributed by atoms with Crippen molar-refractivity contribution in [2.45, 2.75) is 13.8 Å². The zero-order valence-electron chi connectivity index (χ0n) is 15.1. The van der Waals surface area contributed by atoms with Crippen LogP contribution in [0.2, 0.25) is 0 Å². The summed E-state index contributed by atoms with van der Waals surface area (Å²) in [6.07, 6.45) is 1.62. The Morgan fingerprint density at radius 1 is 1.00 bits per heavy atom. The van der Waals surface area contributed by atoms with E-state index in [0.29, 0.717) is 28.6 Å². The van der Waals surface area contributed by atoms with Crippen LogP contribution in [0.1, 0.15) is 21.5 Å². The summed E-state index contributed by atoms with van der Waals surface area (Å²) in [5, 5.41) is 6.18. The Morgan fingerprint density at radius 3 is 2.59 bits per heavy atom. The van der Waals surface area contributed by atoms with Crippen molar-refractivity contribution < 1.29 is 14.3 Å². The molecular formula is C21H19N3O3. The molecule has 1 aromatic heterocycles. The van der Waals surface area contributed by atoms with Crippen molar-refractivity contribution in [2.24, 2.45) is 0 Å². The molecule has 2 aromatic carbocycles. The van der Waals surface area contributed by atoms with Gasteiger partial charge in [0.1, 0.15) is 5.82 Å². The van der Waals surface area contributed by atoms with Gasteiger partial charge in [-0.3, -0.25) is 4.79 Å². The molecule has 0 unspecified atom stereocenters. The van der Waals surface area contributed by atoms with Crippen LogP contribution in [-0.2, 0) is 0 Å². The first-order valence-corrected chi connectivity index (χ1v) is 8.60. The number of nitrogens with zero attached hydrogens (tertiary/aromatic N) is 1. The highest BCUT2D eigenvalue weighted by Gasteiger charge is 2.15. The van der Waals surface area contributed by atoms with Crippen molar-refractivity contribution in [1.82, 2.24) is 4.98 Å². The quantitative estimate of drug-likeness (QED) is 0.719. The highest BCUT2D eigenvalue weighted by atomic mass is 16.7. The average Bonchev–Trinajstić information content (AvgIpc) is 3.13. The SMILES string of the molecule is Cc1cccc(C)c1Nc1cc(C(=O)Nc2ccc3c(c2)OCO3)ccn1. The van der Waals surface area contributed by atoms with Crippen molar-refractivity contribution in [1.29, 1.82) is 0 Å². The van der Waals surface area contributed by atoms with E-state index >= 15 is 0 Å².